The van der Waals surface area contributed by atoms with Crippen LogP contribution in [0.15, 0.2) is 34.9 Å². The molecule has 0 aliphatic heterocycles. The van der Waals surface area contributed by atoms with Gasteiger partial charge < -0.3 is 14.4 Å². The van der Waals surface area contributed by atoms with Crippen LogP contribution in [0.2, 0.25) is 0 Å². The normalized spacial score (nSPS) is 10.5. The lowest BCUT2D eigenvalue weighted by Crippen LogP contribution is -1.96. The fourth-order valence-corrected chi connectivity index (χ4v) is 1.52. The average molecular weight is 247 g/mol. The van der Waals surface area contributed by atoms with Gasteiger partial charge in [0.05, 0.1) is 6.61 Å². The number of hydrogen-bond acceptors (Lipinski definition) is 4. The molecule has 0 fully saturated rings. The summed E-state index contributed by atoms with van der Waals surface area (Å²) in [5, 5.41) is 12.1. The maximum atomic E-state index is 10.6. The molecule has 0 saturated heterocycles. The van der Waals surface area contributed by atoms with Gasteiger partial charge >= 0.3 is 5.97 Å². The molecule has 0 atom stereocenters. The highest BCUT2D eigenvalue weighted by Gasteiger charge is 2.10. The van der Waals surface area contributed by atoms with Crippen molar-refractivity contribution in [3.63, 3.8) is 0 Å². The highest BCUT2D eigenvalue weighted by Crippen LogP contribution is 2.11. The van der Waals surface area contributed by atoms with Crippen LogP contribution >= 0.6 is 0 Å². The Balaban J connectivity index is 1.88. The maximum Gasteiger partial charge on any atom is 0.358 e. The van der Waals surface area contributed by atoms with Crippen LogP contribution in [0.25, 0.3) is 0 Å². The molecule has 0 unspecified atom stereocenters. The molecule has 18 heavy (non-hydrogen) atoms. The Morgan fingerprint density at radius 2 is 2.17 bits per heavy atom. The van der Waals surface area contributed by atoms with Gasteiger partial charge in [-0.2, -0.15) is 0 Å². The Kier molecular flexibility index (Phi) is 3.74. The Bertz CT molecular complexity index is 547. The SMILES string of the molecule is Cc1ccccc1COCc1cc(C(=O)O)no1. The summed E-state index contributed by atoms with van der Waals surface area (Å²) in [5.41, 5.74) is 2.14. The fraction of sp³-hybridized carbons (Fsp3) is 0.231. The first-order valence-electron chi connectivity index (χ1n) is 5.48. The van der Waals surface area contributed by atoms with Crippen molar-refractivity contribution in [3.8, 4) is 0 Å². The summed E-state index contributed by atoms with van der Waals surface area (Å²) in [6.07, 6.45) is 0. The molecule has 94 valence electrons. The van der Waals surface area contributed by atoms with Gasteiger partial charge in [0.1, 0.15) is 6.61 Å². The van der Waals surface area contributed by atoms with Gasteiger partial charge in [-0.05, 0) is 18.1 Å². The molecule has 5 nitrogen and oxygen atoms in total. The second-order valence-corrected chi connectivity index (χ2v) is 3.90. The topological polar surface area (TPSA) is 72.6 Å². The van der Waals surface area contributed by atoms with Crippen LogP contribution in [0.3, 0.4) is 0 Å². The molecular formula is C13H13NO4. The van der Waals surface area contributed by atoms with E-state index in [0.717, 1.165) is 11.1 Å². The molecule has 0 bridgehead atoms. The third-order valence-corrected chi connectivity index (χ3v) is 2.54. The lowest BCUT2D eigenvalue weighted by atomic mass is 10.1. The number of rotatable bonds is 5. The summed E-state index contributed by atoms with van der Waals surface area (Å²) in [7, 11) is 0. The Morgan fingerprint density at radius 3 is 2.83 bits per heavy atom. The highest BCUT2D eigenvalue weighted by molar-refractivity contribution is 5.85. The van der Waals surface area contributed by atoms with Crippen LogP contribution in [0.1, 0.15) is 27.4 Å². The van der Waals surface area contributed by atoms with Crippen molar-refractivity contribution >= 4 is 5.97 Å². The molecule has 1 aromatic carbocycles. The monoisotopic (exact) mass is 247 g/mol. The van der Waals surface area contributed by atoms with E-state index < -0.39 is 5.97 Å². The van der Waals surface area contributed by atoms with Crippen molar-refractivity contribution in [1.29, 1.82) is 0 Å². The van der Waals surface area contributed by atoms with Gasteiger partial charge in [0, 0.05) is 6.07 Å². The van der Waals surface area contributed by atoms with Crippen LogP contribution in [0.5, 0.6) is 0 Å². The third kappa shape index (κ3) is 2.95. The van der Waals surface area contributed by atoms with Crippen LogP contribution in [0.4, 0.5) is 0 Å². The molecule has 0 aliphatic carbocycles. The fourth-order valence-electron chi connectivity index (χ4n) is 1.52. The summed E-state index contributed by atoms with van der Waals surface area (Å²) in [5.74, 6) is -0.704. The summed E-state index contributed by atoms with van der Waals surface area (Å²) in [6, 6.07) is 9.27. The summed E-state index contributed by atoms with van der Waals surface area (Å²) < 4.78 is 10.3. The second kappa shape index (κ2) is 5.46. The molecule has 1 heterocycles. The molecule has 0 radical (unpaired) electrons. The third-order valence-electron chi connectivity index (χ3n) is 2.54. The van der Waals surface area contributed by atoms with Crippen LogP contribution in [-0.4, -0.2) is 16.2 Å². The van der Waals surface area contributed by atoms with Crippen molar-refractivity contribution in [3.05, 3.63) is 52.9 Å². The molecule has 0 saturated carbocycles. The van der Waals surface area contributed by atoms with Crippen molar-refractivity contribution in [2.45, 2.75) is 20.1 Å². The quantitative estimate of drug-likeness (QED) is 0.878. The van der Waals surface area contributed by atoms with Gasteiger partial charge in [-0.3, -0.25) is 0 Å². The van der Waals surface area contributed by atoms with Gasteiger partial charge in [0.2, 0.25) is 0 Å². The van der Waals surface area contributed by atoms with Crippen molar-refractivity contribution < 1.29 is 19.2 Å². The zero-order valence-electron chi connectivity index (χ0n) is 9.92. The maximum absolute atomic E-state index is 10.6. The minimum Gasteiger partial charge on any atom is -0.476 e. The predicted molar refractivity (Wildman–Crippen MR) is 63.1 cm³/mol. The molecule has 1 aromatic heterocycles. The van der Waals surface area contributed by atoms with E-state index in [4.69, 9.17) is 14.4 Å². The first-order chi connectivity index (χ1) is 8.66. The summed E-state index contributed by atoms with van der Waals surface area (Å²) >= 11 is 0. The zero-order valence-corrected chi connectivity index (χ0v) is 9.92. The minimum absolute atomic E-state index is 0.107. The first-order valence-corrected chi connectivity index (χ1v) is 5.48. The van der Waals surface area contributed by atoms with E-state index in [1.807, 2.05) is 31.2 Å². The number of carbonyl (C=O) groups is 1. The molecule has 2 rings (SSSR count). The Labute approximate surface area is 104 Å². The number of benzene rings is 1. The zero-order chi connectivity index (χ0) is 13.0. The van der Waals surface area contributed by atoms with E-state index in [9.17, 15) is 4.79 Å². The number of carboxylic acid groups (broad SMARTS) is 1. The van der Waals surface area contributed by atoms with Gasteiger partial charge in [-0.15, -0.1) is 0 Å². The highest BCUT2D eigenvalue weighted by atomic mass is 16.5. The van der Waals surface area contributed by atoms with Crippen LogP contribution in [-0.2, 0) is 18.0 Å². The summed E-state index contributed by atoms with van der Waals surface area (Å²) in [6.45, 7) is 2.67. The molecule has 0 spiro atoms. The average Bonchev–Trinajstić information content (AvgIpc) is 2.80. The molecular weight excluding hydrogens is 234 g/mol. The molecule has 0 aliphatic rings. The minimum atomic E-state index is -1.11. The van der Waals surface area contributed by atoms with Crippen LogP contribution < -0.4 is 0 Å². The number of hydrogen-bond donors (Lipinski definition) is 1. The number of carboxylic acids is 1. The van der Waals surface area contributed by atoms with Gasteiger partial charge in [-0.1, -0.05) is 29.4 Å². The van der Waals surface area contributed by atoms with E-state index in [1.165, 1.54) is 6.07 Å². The van der Waals surface area contributed by atoms with Crippen LogP contribution in [0, 0.1) is 6.92 Å². The second-order valence-electron chi connectivity index (χ2n) is 3.90. The van der Waals surface area contributed by atoms with E-state index >= 15 is 0 Å². The van der Waals surface area contributed by atoms with Gasteiger partial charge in [-0.25, -0.2) is 4.79 Å². The lowest BCUT2D eigenvalue weighted by Gasteiger charge is -2.05. The van der Waals surface area contributed by atoms with E-state index in [1.54, 1.807) is 0 Å². The van der Waals surface area contributed by atoms with Gasteiger partial charge in [0.15, 0.2) is 11.5 Å². The summed E-state index contributed by atoms with van der Waals surface area (Å²) in [4.78, 5) is 10.6. The Hall–Kier alpha value is -2.14. The van der Waals surface area contributed by atoms with Crippen molar-refractivity contribution in [1.82, 2.24) is 5.16 Å². The number of ether oxygens (including phenoxy) is 1. The lowest BCUT2D eigenvalue weighted by molar-refractivity contribution is 0.0683. The first kappa shape index (κ1) is 12.3. The number of aromatic nitrogens is 1. The predicted octanol–water partition coefficient (Wildman–Crippen LogP) is 2.40. The molecule has 2 aromatic rings. The molecule has 5 heteroatoms. The van der Waals surface area contributed by atoms with E-state index in [0.29, 0.717) is 12.4 Å². The van der Waals surface area contributed by atoms with Gasteiger partial charge in [0.25, 0.3) is 0 Å². The van der Waals surface area contributed by atoms with Crippen molar-refractivity contribution in [2.24, 2.45) is 0 Å². The molecule has 1 N–H and O–H groups in total. The standard InChI is InChI=1S/C13H13NO4/c1-9-4-2-3-5-10(9)7-17-8-11-6-12(13(15)16)14-18-11/h2-6H,7-8H2,1H3,(H,15,16). The van der Waals surface area contributed by atoms with E-state index in [-0.39, 0.29) is 12.3 Å². The largest absolute Gasteiger partial charge is 0.476 e. The van der Waals surface area contributed by atoms with E-state index in [2.05, 4.69) is 5.16 Å². The number of aromatic carboxylic acids is 1. The smallest absolute Gasteiger partial charge is 0.358 e. The Morgan fingerprint density at radius 1 is 1.39 bits per heavy atom. The number of nitrogens with zero attached hydrogens (tertiary/aromatic N) is 1. The molecule has 0 amide bonds. The van der Waals surface area contributed by atoms with Crippen molar-refractivity contribution in [2.75, 3.05) is 0 Å². The number of aryl methyl sites for hydroxylation is 1.